The van der Waals surface area contributed by atoms with E-state index < -0.39 is 17.7 Å². The summed E-state index contributed by atoms with van der Waals surface area (Å²) in [5.74, 6) is -0.117. The number of thiocarbonyl (C=S) groups is 1. The number of quaternary nitrogens is 1. The first-order chi connectivity index (χ1) is 12.5. The van der Waals surface area contributed by atoms with Crippen LogP contribution in [0.3, 0.4) is 0 Å². The molecular formula is C18H19ClN4O2S. The monoisotopic (exact) mass is 390 g/mol. The van der Waals surface area contributed by atoms with Gasteiger partial charge in [0.25, 0.3) is 0 Å². The van der Waals surface area contributed by atoms with Gasteiger partial charge in [-0.3, -0.25) is 10.7 Å². The van der Waals surface area contributed by atoms with Crippen molar-refractivity contribution in [2.75, 3.05) is 33.4 Å². The van der Waals surface area contributed by atoms with Crippen molar-refractivity contribution < 1.29 is 14.4 Å². The molecule has 2 fully saturated rings. The van der Waals surface area contributed by atoms with E-state index in [1.807, 2.05) is 11.9 Å². The molecule has 0 saturated carbocycles. The number of morpholine rings is 1. The zero-order valence-electron chi connectivity index (χ0n) is 14.3. The average Bonchev–Trinajstić information content (AvgIpc) is 2.63. The van der Waals surface area contributed by atoms with Crippen molar-refractivity contribution in [3.05, 3.63) is 45.8 Å². The van der Waals surface area contributed by atoms with Crippen LogP contribution in [0.1, 0.15) is 11.5 Å². The Hall–Kier alpha value is -2.07. The Kier molecular flexibility index (Phi) is 7.46. The van der Waals surface area contributed by atoms with Gasteiger partial charge >= 0.3 is 0 Å². The summed E-state index contributed by atoms with van der Waals surface area (Å²) in [5.41, 5.74) is 0.896. The number of rotatable bonds is 1. The van der Waals surface area contributed by atoms with E-state index in [0.29, 0.717) is 10.6 Å². The molecule has 0 aromatic heterocycles. The Labute approximate surface area is 162 Å². The second-order valence-electron chi connectivity index (χ2n) is 6.05. The Balaban J connectivity index is 0.000000290. The number of piperidine rings is 1. The predicted molar refractivity (Wildman–Crippen MR) is 103 cm³/mol. The maximum absolute atomic E-state index is 11.8. The van der Waals surface area contributed by atoms with E-state index in [9.17, 15) is 10.2 Å². The van der Waals surface area contributed by atoms with E-state index in [1.165, 1.54) is 13.1 Å². The summed E-state index contributed by atoms with van der Waals surface area (Å²) in [6.45, 7) is 4.26. The first-order valence-corrected chi connectivity index (χ1v) is 8.92. The van der Waals surface area contributed by atoms with Gasteiger partial charge < -0.3 is 20.4 Å². The third-order valence-corrected chi connectivity index (χ3v) is 4.82. The molecule has 6 nitrogen and oxygen atoms in total. The van der Waals surface area contributed by atoms with Crippen LogP contribution in [0.5, 0.6) is 0 Å². The minimum absolute atomic E-state index is 0.0824. The lowest BCUT2D eigenvalue weighted by Crippen LogP contribution is -3.11. The number of hydrogen-bond acceptors (Lipinski definition) is 4. The Bertz CT molecular complexity index is 762. The van der Waals surface area contributed by atoms with Gasteiger partial charge in [-0.2, -0.15) is 5.26 Å². The van der Waals surface area contributed by atoms with E-state index in [0.717, 1.165) is 13.2 Å². The fourth-order valence-corrected chi connectivity index (χ4v) is 3.12. The van der Waals surface area contributed by atoms with Crippen LogP contribution in [-0.2, 0) is 9.53 Å². The molecule has 2 unspecified atom stereocenters. The molecule has 2 atom stereocenters. The molecule has 2 aliphatic heterocycles. The molecule has 2 aliphatic rings. The summed E-state index contributed by atoms with van der Waals surface area (Å²) in [6, 6.07) is 8.60. The number of halogens is 1. The number of likely N-dealkylation sites (N-methyl/N-ethyl adjacent to an activating group) is 1. The maximum atomic E-state index is 11.8. The third-order valence-electron chi connectivity index (χ3n) is 4.24. The average molecular weight is 391 g/mol. The summed E-state index contributed by atoms with van der Waals surface area (Å²) < 4.78 is 5.12. The van der Waals surface area contributed by atoms with Gasteiger partial charge in [0, 0.05) is 16.5 Å². The molecule has 1 aromatic rings. The zero-order chi connectivity index (χ0) is 19.1. The summed E-state index contributed by atoms with van der Waals surface area (Å²) in [4.78, 5) is 13.4. The van der Waals surface area contributed by atoms with E-state index in [4.69, 9.17) is 33.8 Å². The van der Waals surface area contributed by atoms with Crippen molar-refractivity contribution in [1.82, 2.24) is 5.32 Å². The number of ether oxygens (including phenoxy) is 1. The van der Waals surface area contributed by atoms with Gasteiger partial charge in [0.15, 0.2) is 0 Å². The highest BCUT2D eigenvalue weighted by atomic mass is 35.5. The van der Waals surface area contributed by atoms with Crippen molar-refractivity contribution >= 4 is 40.6 Å². The van der Waals surface area contributed by atoms with E-state index in [1.54, 1.807) is 29.2 Å². The van der Waals surface area contributed by atoms with Gasteiger partial charge in [-0.15, -0.1) is 0 Å². The molecule has 0 bridgehead atoms. The SMILES string of the molecule is C[NH+]1CCOCC1.N#CC1C(=O)NC(=S)C(=C=[N-])C1c1ccc(Cl)cc1. The zero-order valence-corrected chi connectivity index (χ0v) is 15.9. The molecule has 1 aromatic carbocycles. The molecular weight excluding hydrogens is 372 g/mol. The number of nitrogens with zero attached hydrogens (tertiary/aromatic N) is 2. The fourth-order valence-electron chi connectivity index (χ4n) is 2.72. The lowest BCUT2D eigenvalue weighted by atomic mass is 9.78. The van der Waals surface area contributed by atoms with Gasteiger partial charge in [0.05, 0.1) is 26.3 Å². The number of hydrogen-bond donors (Lipinski definition) is 2. The standard InChI is InChI=1S/C13H7ClN3OS.C5H11NO/c14-8-3-1-7(2-4-8)11-9(5-15)12(18)17-13(19)10(11)6-16;1-6-2-4-7-5-3-6/h1-4,9,11H,(H,17,18,19);2-5H2,1H3/q-1;/p+1. The smallest absolute Gasteiger partial charge is 0.243 e. The quantitative estimate of drug-likeness (QED) is 0.420. The van der Waals surface area contributed by atoms with E-state index in [2.05, 4.69) is 12.4 Å². The van der Waals surface area contributed by atoms with Crippen molar-refractivity contribution in [2.24, 2.45) is 5.92 Å². The van der Waals surface area contributed by atoms with Crippen LogP contribution < -0.4 is 10.2 Å². The molecule has 26 heavy (non-hydrogen) atoms. The molecule has 1 amide bonds. The van der Waals surface area contributed by atoms with Crippen molar-refractivity contribution in [3.63, 3.8) is 0 Å². The predicted octanol–water partition coefficient (Wildman–Crippen LogP) is 0.717. The first kappa shape index (κ1) is 20.2. The van der Waals surface area contributed by atoms with Crippen LogP contribution >= 0.6 is 23.8 Å². The van der Waals surface area contributed by atoms with Crippen LogP contribution in [0.15, 0.2) is 29.8 Å². The van der Waals surface area contributed by atoms with Crippen LogP contribution in [0.4, 0.5) is 0 Å². The lowest BCUT2D eigenvalue weighted by Gasteiger charge is -2.30. The highest BCUT2D eigenvalue weighted by molar-refractivity contribution is 7.80. The molecule has 2 saturated heterocycles. The molecule has 8 heteroatoms. The molecule has 2 heterocycles. The topological polar surface area (TPSA) is 88.9 Å². The van der Waals surface area contributed by atoms with E-state index >= 15 is 0 Å². The minimum Gasteiger partial charge on any atom is -0.763 e. The van der Waals surface area contributed by atoms with Gasteiger partial charge in [-0.25, -0.2) is 0 Å². The van der Waals surface area contributed by atoms with Gasteiger partial charge in [0.2, 0.25) is 5.91 Å². The number of carbonyl (C=O) groups excluding carboxylic acids is 1. The fraction of sp³-hybridized carbons (Fsp3) is 0.389. The number of carbonyl (C=O) groups is 1. The number of benzene rings is 1. The van der Waals surface area contributed by atoms with Crippen molar-refractivity contribution in [1.29, 1.82) is 5.26 Å². The Morgan fingerprint density at radius 1 is 1.35 bits per heavy atom. The molecule has 0 aliphatic carbocycles. The summed E-state index contributed by atoms with van der Waals surface area (Å²) >= 11 is 10.8. The van der Waals surface area contributed by atoms with Crippen molar-refractivity contribution in [3.8, 4) is 6.07 Å². The maximum Gasteiger partial charge on any atom is 0.243 e. The van der Waals surface area contributed by atoms with Gasteiger partial charge in [-0.1, -0.05) is 36.0 Å². The van der Waals surface area contributed by atoms with Crippen LogP contribution in [-0.4, -0.2) is 50.1 Å². The summed E-state index contributed by atoms with van der Waals surface area (Å²) in [7, 11) is 2.20. The molecule has 136 valence electrons. The van der Waals surface area contributed by atoms with Crippen LogP contribution in [0.2, 0.25) is 5.02 Å². The normalized spacial score (nSPS) is 23.2. The van der Waals surface area contributed by atoms with Crippen LogP contribution in [0, 0.1) is 17.2 Å². The van der Waals surface area contributed by atoms with Crippen LogP contribution in [0.25, 0.3) is 5.41 Å². The van der Waals surface area contributed by atoms with Gasteiger partial charge in [-0.05, 0) is 17.7 Å². The molecule has 0 spiro atoms. The second-order valence-corrected chi connectivity index (χ2v) is 6.89. The first-order valence-electron chi connectivity index (χ1n) is 8.14. The number of nitrogens with one attached hydrogen (secondary N) is 2. The second kappa shape index (κ2) is 9.58. The Morgan fingerprint density at radius 2 is 1.96 bits per heavy atom. The summed E-state index contributed by atoms with van der Waals surface area (Å²) in [6.07, 6.45) is 0. The highest BCUT2D eigenvalue weighted by Crippen LogP contribution is 2.34. The third kappa shape index (κ3) is 4.98. The minimum atomic E-state index is -0.970. The highest BCUT2D eigenvalue weighted by Gasteiger charge is 2.38. The van der Waals surface area contributed by atoms with Crippen molar-refractivity contribution in [2.45, 2.75) is 5.92 Å². The largest absolute Gasteiger partial charge is 0.763 e. The summed E-state index contributed by atoms with van der Waals surface area (Å²) in [5, 5.41) is 21.2. The number of amides is 1. The number of nitriles is 1. The molecule has 2 N–H and O–H groups in total. The van der Waals surface area contributed by atoms with Gasteiger partial charge in [0.1, 0.15) is 24.0 Å². The molecule has 0 radical (unpaired) electrons. The lowest BCUT2D eigenvalue weighted by molar-refractivity contribution is -0.888. The Morgan fingerprint density at radius 3 is 2.42 bits per heavy atom. The van der Waals surface area contributed by atoms with E-state index in [-0.39, 0.29) is 10.6 Å². The molecule has 3 rings (SSSR count).